The lowest BCUT2D eigenvalue weighted by molar-refractivity contribution is 0.203. The number of carbonyl (C=O) groups is 1. The summed E-state index contributed by atoms with van der Waals surface area (Å²) in [6.45, 7) is 8.22. The van der Waals surface area contributed by atoms with Crippen LogP contribution in [0.4, 0.5) is 10.6 Å². The Bertz CT molecular complexity index is 1190. The number of amides is 2. The zero-order chi connectivity index (χ0) is 23.9. The van der Waals surface area contributed by atoms with E-state index in [0.717, 1.165) is 42.9 Å². The number of pyridine rings is 2. The molecule has 3 aromatic heterocycles. The fourth-order valence-corrected chi connectivity index (χ4v) is 4.96. The van der Waals surface area contributed by atoms with E-state index in [1.807, 2.05) is 49.9 Å². The van der Waals surface area contributed by atoms with Crippen LogP contribution in [0.2, 0.25) is 0 Å². The third-order valence-corrected chi connectivity index (χ3v) is 6.76. The lowest BCUT2D eigenvalue weighted by Gasteiger charge is -2.24. The van der Waals surface area contributed by atoms with Gasteiger partial charge in [0.1, 0.15) is 6.10 Å². The summed E-state index contributed by atoms with van der Waals surface area (Å²) in [5.74, 6) is 0.841. The second kappa shape index (κ2) is 8.62. The summed E-state index contributed by atoms with van der Waals surface area (Å²) in [5, 5.41) is 7.87. The van der Waals surface area contributed by atoms with Gasteiger partial charge in [0.15, 0.2) is 11.6 Å². The van der Waals surface area contributed by atoms with Crippen LogP contribution in [0.15, 0.2) is 42.7 Å². The van der Waals surface area contributed by atoms with E-state index < -0.39 is 0 Å². The topological polar surface area (TPSA) is 111 Å². The quantitative estimate of drug-likeness (QED) is 0.601. The van der Waals surface area contributed by atoms with Gasteiger partial charge in [0.2, 0.25) is 0 Å². The van der Waals surface area contributed by atoms with Gasteiger partial charge in [-0.15, -0.1) is 0 Å². The standard InChI is InChI=1S/C25H31N7O2/c1-16(2)29-24(33)31-10-7-25(15-31)8-11-32-22(25)13-20(30-32)18-12-21(23(26)28-14-18)34-17(3)19-6-4-5-9-27-19/h4-6,9,12-14,16-17H,7-8,10-11,15H2,1-3H3,(H2,26,28)(H,29,33)/t17-,25?/m1/s1. The monoisotopic (exact) mass is 461 g/mol. The van der Waals surface area contributed by atoms with Crippen molar-refractivity contribution in [1.82, 2.24) is 30.0 Å². The summed E-state index contributed by atoms with van der Waals surface area (Å²) in [6, 6.07) is 9.89. The summed E-state index contributed by atoms with van der Waals surface area (Å²) in [5.41, 5.74) is 9.75. The lowest BCUT2D eigenvalue weighted by Crippen LogP contribution is -2.43. The summed E-state index contributed by atoms with van der Waals surface area (Å²) >= 11 is 0. The number of nitrogens with two attached hydrogens (primary N) is 1. The summed E-state index contributed by atoms with van der Waals surface area (Å²) < 4.78 is 8.18. The number of hydrogen-bond donors (Lipinski definition) is 2. The molecule has 3 aromatic rings. The first-order chi connectivity index (χ1) is 16.3. The van der Waals surface area contributed by atoms with Gasteiger partial charge in [-0.25, -0.2) is 9.78 Å². The van der Waals surface area contributed by atoms with Crippen LogP contribution >= 0.6 is 0 Å². The maximum Gasteiger partial charge on any atom is 0.317 e. The van der Waals surface area contributed by atoms with Crippen LogP contribution < -0.4 is 15.8 Å². The second-order valence-electron chi connectivity index (χ2n) is 9.57. The van der Waals surface area contributed by atoms with E-state index in [1.54, 1.807) is 12.4 Å². The van der Waals surface area contributed by atoms with Crippen molar-refractivity contribution < 1.29 is 9.53 Å². The minimum absolute atomic E-state index is 0.0108. The maximum absolute atomic E-state index is 12.5. The Kier molecular flexibility index (Phi) is 5.63. The number of fused-ring (bicyclic) bond motifs is 2. The van der Waals surface area contributed by atoms with Gasteiger partial charge in [0, 0.05) is 54.7 Å². The highest BCUT2D eigenvalue weighted by Crippen LogP contribution is 2.44. The highest BCUT2D eigenvalue weighted by Gasteiger charge is 2.47. The SMILES string of the molecule is CC(C)NC(=O)N1CCC2(CCn3nc(-c4cnc(N)c(O[C@H](C)c5ccccn5)c4)cc32)C1. The van der Waals surface area contributed by atoms with E-state index >= 15 is 0 Å². The minimum Gasteiger partial charge on any atom is -0.481 e. The number of nitrogens with one attached hydrogen (secondary N) is 1. The van der Waals surface area contributed by atoms with E-state index in [1.165, 1.54) is 5.69 Å². The molecule has 0 aliphatic carbocycles. The van der Waals surface area contributed by atoms with E-state index in [-0.39, 0.29) is 23.6 Å². The summed E-state index contributed by atoms with van der Waals surface area (Å²) in [6.07, 6.45) is 5.15. The van der Waals surface area contributed by atoms with Crippen LogP contribution in [-0.4, -0.2) is 49.8 Å². The number of likely N-dealkylation sites (tertiary alicyclic amines) is 1. The molecule has 1 unspecified atom stereocenters. The molecule has 5 heterocycles. The zero-order valence-electron chi connectivity index (χ0n) is 19.9. The van der Waals surface area contributed by atoms with Gasteiger partial charge >= 0.3 is 6.03 Å². The Morgan fingerprint density at radius 2 is 2.00 bits per heavy atom. The molecule has 1 saturated heterocycles. The lowest BCUT2D eigenvalue weighted by atomic mass is 9.82. The van der Waals surface area contributed by atoms with Crippen molar-refractivity contribution >= 4 is 11.8 Å². The molecule has 9 heteroatoms. The fourth-order valence-electron chi connectivity index (χ4n) is 4.96. The Hall–Kier alpha value is -3.62. The molecule has 2 aliphatic rings. The molecule has 0 aromatic carbocycles. The molecular weight excluding hydrogens is 430 g/mol. The predicted molar refractivity (Wildman–Crippen MR) is 129 cm³/mol. The van der Waals surface area contributed by atoms with E-state index in [4.69, 9.17) is 15.6 Å². The number of aryl methyl sites for hydroxylation is 1. The summed E-state index contributed by atoms with van der Waals surface area (Å²) in [7, 11) is 0. The number of rotatable bonds is 5. The number of ether oxygens (including phenoxy) is 1. The normalized spacial score (nSPS) is 20.1. The number of nitrogens with zero attached hydrogens (tertiary/aromatic N) is 5. The molecule has 3 N–H and O–H groups in total. The predicted octanol–water partition coefficient (Wildman–Crippen LogP) is 3.53. The van der Waals surface area contributed by atoms with Crippen LogP contribution in [0.25, 0.3) is 11.3 Å². The molecule has 1 fully saturated rings. The van der Waals surface area contributed by atoms with Gasteiger partial charge in [0.25, 0.3) is 0 Å². The average Bonchev–Trinajstić information content (AvgIpc) is 3.52. The number of aromatic nitrogens is 4. The highest BCUT2D eigenvalue weighted by atomic mass is 16.5. The zero-order valence-corrected chi connectivity index (χ0v) is 19.9. The van der Waals surface area contributed by atoms with Gasteiger partial charge in [-0.1, -0.05) is 6.07 Å². The number of carbonyl (C=O) groups excluding carboxylic acids is 1. The third-order valence-electron chi connectivity index (χ3n) is 6.76. The molecule has 5 rings (SSSR count). The smallest absolute Gasteiger partial charge is 0.317 e. The highest BCUT2D eigenvalue weighted by molar-refractivity contribution is 5.75. The first kappa shape index (κ1) is 22.2. The van der Waals surface area contributed by atoms with Gasteiger partial charge < -0.3 is 20.7 Å². The molecule has 2 atom stereocenters. The third kappa shape index (κ3) is 4.06. The van der Waals surface area contributed by atoms with E-state index in [2.05, 4.69) is 26.0 Å². The largest absolute Gasteiger partial charge is 0.481 e. The first-order valence-electron chi connectivity index (χ1n) is 11.8. The van der Waals surface area contributed by atoms with Crippen molar-refractivity contribution in [3.63, 3.8) is 0 Å². The Labute approximate surface area is 199 Å². The Morgan fingerprint density at radius 3 is 2.76 bits per heavy atom. The molecule has 178 valence electrons. The van der Waals surface area contributed by atoms with Crippen LogP contribution in [0.1, 0.15) is 51.1 Å². The van der Waals surface area contributed by atoms with Crippen molar-refractivity contribution in [1.29, 1.82) is 0 Å². The molecule has 2 aliphatic heterocycles. The van der Waals surface area contributed by atoms with Crippen molar-refractivity contribution in [2.24, 2.45) is 0 Å². The van der Waals surface area contributed by atoms with E-state index in [0.29, 0.717) is 18.1 Å². The van der Waals surface area contributed by atoms with Crippen LogP contribution in [0.3, 0.4) is 0 Å². The molecule has 0 saturated carbocycles. The Balaban J connectivity index is 1.37. The van der Waals surface area contributed by atoms with Gasteiger partial charge in [-0.2, -0.15) is 5.10 Å². The van der Waals surface area contributed by atoms with Crippen LogP contribution in [0, 0.1) is 0 Å². The molecule has 1 spiro atoms. The molecule has 2 amide bonds. The molecular formula is C25H31N7O2. The van der Waals surface area contributed by atoms with Crippen LogP contribution in [0.5, 0.6) is 5.75 Å². The maximum atomic E-state index is 12.5. The number of urea groups is 1. The van der Waals surface area contributed by atoms with Gasteiger partial charge in [-0.05, 0) is 57.9 Å². The first-order valence-corrected chi connectivity index (χ1v) is 11.8. The van der Waals surface area contributed by atoms with Crippen LogP contribution in [-0.2, 0) is 12.0 Å². The van der Waals surface area contributed by atoms with Crippen molar-refractivity contribution in [3.8, 4) is 17.0 Å². The molecule has 34 heavy (non-hydrogen) atoms. The van der Waals surface area contributed by atoms with Gasteiger partial charge in [0.05, 0.1) is 11.4 Å². The molecule has 0 radical (unpaired) electrons. The van der Waals surface area contributed by atoms with Gasteiger partial charge in [-0.3, -0.25) is 9.67 Å². The second-order valence-corrected chi connectivity index (χ2v) is 9.57. The number of anilines is 1. The fraction of sp³-hybridized carbons (Fsp3) is 0.440. The van der Waals surface area contributed by atoms with Crippen molar-refractivity contribution in [2.45, 2.75) is 57.7 Å². The summed E-state index contributed by atoms with van der Waals surface area (Å²) in [4.78, 5) is 23.2. The molecule has 0 bridgehead atoms. The van der Waals surface area contributed by atoms with Crippen molar-refractivity contribution in [3.05, 3.63) is 54.1 Å². The Morgan fingerprint density at radius 1 is 1.18 bits per heavy atom. The average molecular weight is 462 g/mol. The van der Waals surface area contributed by atoms with E-state index in [9.17, 15) is 4.79 Å². The van der Waals surface area contributed by atoms with Crippen molar-refractivity contribution in [2.75, 3.05) is 18.8 Å². The number of nitrogen functional groups attached to an aromatic ring is 1. The molecule has 9 nitrogen and oxygen atoms in total. The number of hydrogen-bond acceptors (Lipinski definition) is 6. The minimum atomic E-state index is -0.266.